The van der Waals surface area contributed by atoms with E-state index in [1.165, 1.54) is 0 Å². The molecule has 0 spiro atoms. The van der Waals surface area contributed by atoms with E-state index < -0.39 is 23.2 Å². The zero-order valence-corrected chi connectivity index (χ0v) is 6.47. The Morgan fingerprint density at radius 2 is 2.15 bits per heavy atom. The molecule has 0 radical (unpaired) electrons. The van der Waals surface area contributed by atoms with Crippen LogP contribution in [-0.4, -0.2) is 17.3 Å². The molecule has 0 bridgehead atoms. The van der Waals surface area contributed by atoms with Gasteiger partial charge in [-0.25, -0.2) is 5.10 Å². The third-order valence-corrected chi connectivity index (χ3v) is 1.28. The van der Waals surface area contributed by atoms with E-state index in [9.17, 15) is 18.0 Å². The maximum Gasteiger partial charge on any atom is 0.435 e. The van der Waals surface area contributed by atoms with Crippen molar-refractivity contribution >= 4 is 0 Å². The Balaban J connectivity index is 3.22. The van der Waals surface area contributed by atoms with Crippen molar-refractivity contribution in [2.24, 2.45) is 0 Å². The van der Waals surface area contributed by atoms with Crippen molar-refractivity contribution in [1.82, 2.24) is 10.2 Å². The lowest BCUT2D eigenvalue weighted by Crippen LogP contribution is -2.17. The highest BCUT2D eigenvalue weighted by molar-refractivity contribution is 5.20. The van der Waals surface area contributed by atoms with Crippen LogP contribution in [0.4, 0.5) is 13.2 Å². The Labute approximate surface area is 70.3 Å². The molecule has 0 unspecified atom stereocenters. The minimum atomic E-state index is -4.59. The fraction of sp³-hybridized carbons (Fsp3) is 0.333. The standard InChI is InChI=1S/C6H5F3N2O2/c1-13-3-2-4(6(7,8)9)10-11-5(3)12/h2H,1H3,(H,11,12). The lowest BCUT2D eigenvalue weighted by atomic mass is 10.3. The van der Waals surface area contributed by atoms with Gasteiger partial charge in [0.05, 0.1) is 7.11 Å². The minimum absolute atomic E-state index is 0.415. The fourth-order valence-electron chi connectivity index (χ4n) is 0.685. The van der Waals surface area contributed by atoms with Gasteiger partial charge < -0.3 is 4.74 Å². The van der Waals surface area contributed by atoms with Gasteiger partial charge in [0, 0.05) is 6.07 Å². The molecule has 1 heterocycles. The maximum atomic E-state index is 12.0. The van der Waals surface area contributed by atoms with Gasteiger partial charge in [0.1, 0.15) is 0 Å². The summed E-state index contributed by atoms with van der Waals surface area (Å²) in [5.74, 6) is -0.415. The molecule has 0 aliphatic heterocycles. The average Bonchev–Trinajstić information content (AvgIpc) is 2.03. The summed E-state index contributed by atoms with van der Waals surface area (Å²) in [6, 6.07) is 0.541. The number of aromatic nitrogens is 2. The summed E-state index contributed by atoms with van der Waals surface area (Å²) in [5, 5.41) is 4.49. The second-order valence-corrected chi connectivity index (χ2v) is 2.15. The zero-order valence-electron chi connectivity index (χ0n) is 6.47. The van der Waals surface area contributed by atoms with Gasteiger partial charge in [-0.2, -0.15) is 18.3 Å². The van der Waals surface area contributed by atoms with E-state index in [-0.39, 0.29) is 0 Å². The van der Waals surface area contributed by atoms with E-state index in [2.05, 4.69) is 9.84 Å². The Kier molecular flexibility index (Phi) is 2.26. The second kappa shape index (κ2) is 3.08. The highest BCUT2D eigenvalue weighted by Gasteiger charge is 2.33. The molecule has 13 heavy (non-hydrogen) atoms. The lowest BCUT2D eigenvalue weighted by molar-refractivity contribution is -0.141. The Bertz CT molecular complexity index is 358. The van der Waals surface area contributed by atoms with Crippen LogP contribution in [0.25, 0.3) is 0 Å². The number of rotatable bonds is 1. The number of hydrogen-bond acceptors (Lipinski definition) is 3. The molecule has 1 N–H and O–H groups in total. The number of aromatic amines is 1. The molecule has 0 saturated heterocycles. The normalized spacial score (nSPS) is 11.4. The predicted molar refractivity (Wildman–Crippen MR) is 36.4 cm³/mol. The molecule has 4 nitrogen and oxygen atoms in total. The molecule has 0 fully saturated rings. The molecule has 0 aliphatic carbocycles. The van der Waals surface area contributed by atoms with Crippen molar-refractivity contribution in [3.05, 3.63) is 22.1 Å². The van der Waals surface area contributed by atoms with Crippen molar-refractivity contribution in [1.29, 1.82) is 0 Å². The summed E-state index contributed by atoms with van der Waals surface area (Å²) < 4.78 is 40.4. The van der Waals surface area contributed by atoms with E-state index in [0.717, 1.165) is 7.11 Å². The molecule has 0 saturated carbocycles. The maximum absolute atomic E-state index is 12.0. The SMILES string of the molecule is COc1cc(C(F)(F)F)n[nH]c1=O. The van der Waals surface area contributed by atoms with E-state index in [1.807, 2.05) is 0 Å². The Morgan fingerprint density at radius 3 is 2.62 bits per heavy atom. The van der Waals surface area contributed by atoms with Crippen LogP contribution < -0.4 is 10.3 Å². The van der Waals surface area contributed by atoms with Crippen molar-refractivity contribution in [2.45, 2.75) is 6.18 Å². The number of nitrogens with zero attached hydrogens (tertiary/aromatic N) is 1. The number of H-pyrrole nitrogens is 1. The molecule has 1 aromatic heterocycles. The number of hydrogen-bond donors (Lipinski definition) is 1. The van der Waals surface area contributed by atoms with Crippen molar-refractivity contribution in [3.63, 3.8) is 0 Å². The second-order valence-electron chi connectivity index (χ2n) is 2.15. The first-order chi connectivity index (χ1) is 5.95. The van der Waals surface area contributed by atoms with Crippen LogP contribution in [-0.2, 0) is 6.18 Å². The molecule has 0 atom stereocenters. The Hall–Kier alpha value is -1.53. The number of alkyl halides is 3. The molecule has 1 aromatic rings. The first-order valence-corrected chi connectivity index (χ1v) is 3.16. The van der Waals surface area contributed by atoms with Gasteiger partial charge in [-0.05, 0) is 0 Å². The molecule has 72 valence electrons. The van der Waals surface area contributed by atoms with E-state index in [1.54, 1.807) is 5.10 Å². The summed E-state index contributed by atoms with van der Waals surface area (Å²) >= 11 is 0. The van der Waals surface area contributed by atoms with Gasteiger partial charge >= 0.3 is 11.7 Å². The van der Waals surface area contributed by atoms with Crippen molar-refractivity contribution in [3.8, 4) is 5.75 Å². The van der Waals surface area contributed by atoms with Gasteiger partial charge in [0.15, 0.2) is 11.4 Å². The summed E-state index contributed by atoms with van der Waals surface area (Å²) in [7, 11) is 1.10. The summed E-state index contributed by atoms with van der Waals surface area (Å²) in [4.78, 5) is 10.7. The zero-order chi connectivity index (χ0) is 10.1. The first kappa shape index (κ1) is 9.56. The highest BCUT2D eigenvalue weighted by atomic mass is 19.4. The molecule has 7 heteroatoms. The third-order valence-electron chi connectivity index (χ3n) is 1.28. The summed E-state index contributed by atoms with van der Waals surface area (Å²) in [5.41, 5.74) is -1.99. The van der Waals surface area contributed by atoms with Crippen molar-refractivity contribution < 1.29 is 17.9 Å². The molecular weight excluding hydrogens is 189 g/mol. The largest absolute Gasteiger partial charge is 0.491 e. The number of ether oxygens (including phenoxy) is 1. The summed E-state index contributed by atoms with van der Waals surface area (Å²) in [6.07, 6.45) is -4.59. The topological polar surface area (TPSA) is 55.0 Å². The minimum Gasteiger partial charge on any atom is -0.491 e. The van der Waals surface area contributed by atoms with E-state index in [4.69, 9.17) is 0 Å². The molecule has 0 aromatic carbocycles. The van der Waals surface area contributed by atoms with Crippen LogP contribution in [0.15, 0.2) is 10.9 Å². The van der Waals surface area contributed by atoms with Crippen molar-refractivity contribution in [2.75, 3.05) is 7.11 Å². The number of halogens is 3. The van der Waals surface area contributed by atoms with Gasteiger partial charge in [-0.1, -0.05) is 0 Å². The van der Waals surface area contributed by atoms with Gasteiger partial charge in [-0.3, -0.25) is 4.79 Å². The van der Waals surface area contributed by atoms with Crippen LogP contribution in [0, 0.1) is 0 Å². The summed E-state index contributed by atoms with van der Waals surface area (Å²) in [6.45, 7) is 0. The number of methoxy groups -OCH3 is 1. The third kappa shape index (κ3) is 1.98. The molecular formula is C6H5F3N2O2. The van der Waals surface area contributed by atoms with E-state index >= 15 is 0 Å². The smallest absolute Gasteiger partial charge is 0.435 e. The highest BCUT2D eigenvalue weighted by Crippen LogP contribution is 2.27. The van der Waals surface area contributed by atoms with Gasteiger partial charge in [0.2, 0.25) is 0 Å². The molecule has 1 rings (SSSR count). The van der Waals surface area contributed by atoms with Crippen LogP contribution in [0.3, 0.4) is 0 Å². The van der Waals surface area contributed by atoms with E-state index in [0.29, 0.717) is 6.07 Å². The van der Waals surface area contributed by atoms with Crippen LogP contribution >= 0.6 is 0 Å². The first-order valence-electron chi connectivity index (χ1n) is 3.16. The quantitative estimate of drug-likeness (QED) is 0.719. The van der Waals surface area contributed by atoms with Crippen LogP contribution in [0.5, 0.6) is 5.75 Å². The Morgan fingerprint density at radius 1 is 1.54 bits per heavy atom. The average molecular weight is 194 g/mol. The lowest BCUT2D eigenvalue weighted by Gasteiger charge is -2.05. The van der Waals surface area contributed by atoms with Gasteiger partial charge in [0.25, 0.3) is 0 Å². The molecule has 0 amide bonds. The van der Waals surface area contributed by atoms with Gasteiger partial charge in [-0.15, -0.1) is 0 Å². The fourth-order valence-corrected chi connectivity index (χ4v) is 0.685. The predicted octanol–water partition coefficient (Wildman–Crippen LogP) is 0.797. The van der Waals surface area contributed by atoms with Crippen LogP contribution in [0.1, 0.15) is 5.69 Å². The monoisotopic (exact) mass is 194 g/mol. The molecule has 0 aliphatic rings. The van der Waals surface area contributed by atoms with Crippen LogP contribution in [0.2, 0.25) is 0 Å². The number of nitrogens with one attached hydrogen (secondary N) is 1.